The van der Waals surface area contributed by atoms with E-state index in [0.29, 0.717) is 18.9 Å². The van der Waals surface area contributed by atoms with E-state index in [0.717, 1.165) is 36.1 Å². The van der Waals surface area contributed by atoms with E-state index in [9.17, 15) is 9.59 Å². The second-order valence-electron chi connectivity index (χ2n) is 9.84. The lowest BCUT2D eigenvalue weighted by Crippen LogP contribution is -2.39. The summed E-state index contributed by atoms with van der Waals surface area (Å²) in [7, 11) is 0. The number of nitrogens with one attached hydrogen (secondary N) is 2. The average molecular weight is 517 g/mol. The van der Waals surface area contributed by atoms with Gasteiger partial charge in [0.15, 0.2) is 5.60 Å². The summed E-state index contributed by atoms with van der Waals surface area (Å²) in [6.07, 6.45) is 3.18. The summed E-state index contributed by atoms with van der Waals surface area (Å²) in [6.45, 7) is 8.29. The quantitative estimate of drug-likeness (QED) is 0.236. The van der Waals surface area contributed by atoms with Crippen LogP contribution < -0.4 is 15.4 Å². The second kappa shape index (κ2) is 14.2. The van der Waals surface area contributed by atoms with Gasteiger partial charge in [0.25, 0.3) is 0 Å². The number of carbonyl (C=O) groups excluding carboxylic acids is 2. The fourth-order valence-corrected chi connectivity index (χ4v) is 4.22. The molecular formula is C32H40N2O4. The molecule has 0 saturated carbocycles. The first-order valence-corrected chi connectivity index (χ1v) is 13.4. The molecule has 0 heterocycles. The van der Waals surface area contributed by atoms with E-state index in [-0.39, 0.29) is 18.4 Å². The molecule has 0 aliphatic rings. The second-order valence-corrected chi connectivity index (χ2v) is 9.84. The summed E-state index contributed by atoms with van der Waals surface area (Å²) in [6, 6.07) is 25.6. The topological polar surface area (TPSA) is 76.7 Å². The molecule has 2 N–H and O–H groups in total. The minimum atomic E-state index is -1.09. The van der Waals surface area contributed by atoms with E-state index in [1.165, 1.54) is 5.56 Å². The minimum Gasteiger partial charge on any atom is -0.476 e. The van der Waals surface area contributed by atoms with Crippen molar-refractivity contribution in [2.75, 3.05) is 11.9 Å². The van der Waals surface area contributed by atoms with Crippen molar-refractivity contribution >= 4 is 17.6 Å². The Morgan fingerprint density at radius 1 is 0.868 bits per heavy atom. The first-order valence-electron chi connectivity index (χ1n) is 13.4. The van der Waals surface area contributed by atoms with Crippen LogP contribution >= 0.6 is 0 Å². The lowest BCUT2D eigenvalue weighted by Gasteiger charge is -2.24. The van der Waals surface area contributed by atoms with Crippen LogP contribution in [0.15, 0.2) is 78.9 Å². The van der Waals surface area contributed by atoms with Gasteiger partial charge in [-0.1, -0.05) is 80.4 Å². The number of esters is 1. The zero-order valence-corrected chi connectivity index (χ0v) is 23.0. The molecule has 3 rings (SSSR count). The number of amides is 1. The van der Waals surface area contributed by atoms with E-state index in [1.54, 1.807) is 32.9 Å². The SMILES string of the molecule is CCCCC(NC(=O)Cc1ccc(OC(C)(C)C(=O)OCC)cc1)c1ccccc1NCc1ccccc1. The Morgan fingerprint density at radius 2 is 1.55 bits per heavy atom. The van der Waals surface area contributed by atoms with Crippen molar-refractivity contribution in [2.24, 2.45) is 0 Å². The molecule has 3 aromatic rings. The highest BCUT2D eigenvalue weighted by molar-refractivity contribution is 5.80. The highest BCUT2D eigenvalue weighted by Gasteiger charge is 2.31. The normalized spacial score (nSPS) is 11.9. The number of unbranched alkanes of at least 4 members (excludes halogenated alkanes) is 1. The van der Waals surface area contributed by atoms with Gasteiger partial charge in [-0.25, -0.2) is 4.79 Å². The molecule has 0 radical (unpaired) electrons. The van der Waals surface area contributed by atoms with Crippen molar-refractivity contribution in [2.45, 2.75) is 71.6 Å². The molecule has 0 aliphatic heterocycles. The summed E-state index contributed by atoms with van der Waals surface area (Å²) >= 11 is 0. The van der Waals surface area contributed by atoms with Crippen LogP contribution in [0.25, 0.3) is 0 Å². The molecule has 1 amide bonds. The van der Waals surface area contributed by atoms with Gasteiger partial charge in [0.2, 0.25) is 5.91 Å². The van der Waals surface area contributed by atoms with Crippen LogP contribution in [-0.2, 0) is 27.3 Å². The summed E-state index contributed by atoms with van der Waals surface area (Å²) in [5.74, 6) is 0.0936. The van der Waals surface area contributed by atoms with Crippen LogP contribution in [0.4, 0.5) is 5.69 Å². The van der Waals surface area contributed by atoms with Crippen molar-refractivity contribution in [3.8, 4) is 5.75 Å². The van der Waals surface area contributed by atoms with Gasteiger partial charge < -0.3 is 20.1 Å². The molecule has 1 unspecified atom stereocenters. The fraction of sp³-hybridized carbons (Fsp3) is 0.375. The molecule has 6 heteroatoms. The van der Waals surface area contributed by atoms with Crippen LogP contribution in [-0.4, -0.2) is 24.1 Å². The summed E-state index contributed by atoms with van der Waals surface area (Å²) in [4.78, 5) is 25.2. The minimum absolute atomic E-state index is 0.0375. The number of para-hydroxylation sites is 1. The van der Waals surface area contributed by atoms with Crippen molar-refractivity contribution in [1.82, 2.24) is 5.32 Å². The van der Waals surface area contributed by atoms with E-state index in [1.807, 2.05) is 42.5 Å². The maximum atomic E-state index is 13.1. The summed E-state index contributed by atoms with van der Waals surface area (Å²) in [5, 5.41) is 6.82. The fourth-order valence-electron chi connectivity index (χ4n) is 4.22. The maximum absolute atomic E-state index is 13.1. The van der Waals surface area contributed by atoms with Crippen LogP contribution in [0.5, 0.6) is 5.75 Å². The monoisotopic (exact) mass is 516 g/mol. The van der Waals surface area contributed by atoms with Crippen molar-refractivity contribution in [3.63, 3.8) is 0 Å². The van der Waals surface area contributed by atoms with Gasteiger partial charge >= 0.3 is 5.97 Å². The Kier molecular flexibility index (Phi) is 10.8. The third kappa shape index (κ3) is 8.65. The Labute approximate surface area is 226 Å². The van der Waals surface area contributed by atoms with Crippen molar-refractivity contribution < 1.29 is 19.1 Å². The lowest BCUT2D eigenvalue weighted by molar-refractivity contribution is -0.158. The zero-order valence-electron chi connectivity index (χ0n) is 23.0. The molecule has 1 atom stereocenters. The molecule has 0 aliphatic carbocycles. The van der Waals surface area contributed by atoms with E-state index in [2.05, 4.69) is 41.8 Å². The number of hydrogen-bond donors (Lipinski definition) is 2. The van der Waals surface area contributed by atoms with Gasteiger partial charge in [-0.2, -0.15) is 0 Å². The molecule has 202 valence electrons. The highest BCUT2D eigenvalue weighted by atomic mass is 16.6. The smallest absolute Gasteiger partial charge is 0.349 e. The Morgan fingerprint density at radius 3 is 2.24 bits per heavy atom. The molecule has 6 nitrogen and oxygen atoms in total. The van der Waals surface area contributed by atoms with E-state index >= 15 is 0 Å². The third-order valence-corrected chi connectivity index (χ3v) is 6.27. The molecule has 0 bridgehead atoms. The van der Waals surface area contributed by atoms with Gasteiger partial charge in [-0.05, 0) is 62.1 Å². The standard InChI is InChI=1S/C32H40N2O4/c1-5-7-16-29(27-15-11-12-17-28(27)33-23-25-13-9-8-10-14-25)34-30(35)22-24-18-20-26(21-19-24)38-32(3,4)31(36)37-6-2/h8-15,17-21,29,33H,5-7,16,22-23H2,1-4H3,(H,34,35). The lowest BCUT2D eigenvalue weighted by atomic mass is 9.98. The Bertz CT molecular complexity index is 1160. The van der Waals surface area contributed by atoms with Crippen LogP contribution in [0, 0.1) is 0 Å². The summed E-state index contributed by atoms with van der Waals surface area (Å²) in [5.41, 5.74) is 3.10. The molecule has 0 saturated heterocycles. The number of anilines is 1. The zero-order chi connectivity index (χ0) is 27.4. The maximum Gasteiger partial charge on any atom is 0.349 e. The van der Waals surface area contributed by atoms with Crippen molar-refractivity contribution in [1.29, 1.82) is 0 Å². The molecule has 0 fully saturated rings. The predicted molar refractivity (Wildman–Crippen MR) is 152 cm³/mol. The molecule has 0 aromatic heterocycles. The number of carbonyl (C=O) groups is 2. The van der Waals surface area contributed by atoms with Crippen molar-refractivity contribution in [3.05, 3.63) is 95.6 Å². The molecular weight excluding hydrogens is 476 g/mol. The number of benzene rings is 3. The molecule has 3 aromatic carbocycles. The predicted octanol–water partition coefficient (Wildman–Crippen LogP) is 6.61. The van der Waals surface area contributed by atoms with Crippen LogP contribution in [0.3, 0.4) is 0 Å². The Hall–Kier alpha value is -3.80. The Balaban J connectivity index is 1.65. The van der Waals surface area contributed by atoms with Gasteiger partial charge in [0.1, 0.15) is 5.75 Å². The largest absolute Gasteiger partial charge is 0.476 e. The van der Waals surface area contributed by atoms with Crippen LogP contribution in [0.2, 0.25) is 0 Å². The van der Waals surface area contributed by atoms with Gasteiger partial charge in [0, 0.05) is 12.2 Å². The van der Waals surface area contributed by atoms with Gasteiger partial charge in [-0.15, -0.1) is 0 Å². The first-order chi connectivity index (χ1) is 18.3. The van der Waals surface area contributed by atoms with Gasteiger partial charge in [-0.3, -0.25) is 4.79 Å². The van der Waals surface area contributed by atoms with Crippen LogP contribution in [0.1, 0.15) is 69.7 Å². The average Bonchev–Trinajstić information content (AvgIpc) is 2.91. The van der Waals surface area contributed by atoms with E-state index < -0.39 is 11.6 Å². The molecule has 38 heavy (non-hydrogen) atoms. The number of hydrogen-bond acceptors (Lipinski definition) is 5. The third-order valence-electron chi connectivity index (χ3n) is 6.27. The first kappa shape index (κ1) is 28.8. The van der Waals surface area contributed by atoms with Gasteiger partial charge in [0.05, 0.1) is 19.1 Å². The van der Waals surface area contributed by atoms with E-state index in [4.69, 9.17) is 9.47 Å². The number of ether oxygens (including phenoxy) is 2. The molecule has 0 spiro atoms. The summed E-state index contributed by atoms with van der Waals surface area (Å²) < 4.78 is 10.9. The highest BCUT2D eigenvalue weighted by Crippen LogP contribution is 2.28. The number of rotatable bonds is 14.